The van der Waals surface area contributed by atoms with Gasteiger partial charge in [-0.2, -0.15) is 0 Å². The van der Waals surface area contributed by atoms with Crippen LogP contribution in [0.4, 0.5) is 4.79 Å². The molecule has 0 aliphatic carbocycles. The van der Waals surface area contributed by atoms with Crippen molar-refractivity contribution in [2.24, 2.45) is 5.41 Å². The lowest BCUT2D eigenvalue weighted by Gasteiger charge is -2.56. The number of likely N-dealkylation sites (tertiary alicyclic amines) is 2. The summed E-state index contributed by atoms with van der Waals surface area (Å²) in [6.45, 7) is 15.0. The number of aliphatic hydroxyl groups is 1. The summed E-state index contributed by atoms with van der Waals surface area (Å²) in [5.74, 6) is 0.599. The van der Waals surface area contributed by atoms with Crippen molar-refractivity contribution in [3.63, 3.8) is 0 Å². The molecule has 4 rings (SSSR count). The number of amides is 1. The Bertz CT molecular complexity index is 1050. The molecule has 2 unspecified atom stereocenters. The minimum Gasteiger partial charge on any atom is -0.444 e. The molecule has 2 aliphatic rings. The highest BCUT2D eigenvalue weighted by molar-refractivity contribution is 5.68. The standard InChI is InChI=1S/C29H41N3O3/c1-20(2)21-8-10-24(11-9-21)29(34,28(6)18-31(7)19-28)25-14-23(15-30-16-25)22-12-13-32(17-22)26(33)35-27(3,4)5/h8-11,14-16,20,22,34H,12-13,17-19H2,1-7H3. The second-order valence-corrected chi connectivity index (χ2v) is 12.1. The summed E-state index contributed by atoms with van der Waals surface area (Å²) in [4.78, 5) is 21.2. The van der Waals surface area contributed by atoms with Crippen LogP contribution < -0.4 is 0 Å². The van der Waals surface area contributed by atoms with E-state index in [1.54, 1.807) is 4.90 Å². The van der Waals surface area contributed by atoms with Gasteiger partial charge in [-0.3, -0.25) is 4.98 Å². The van der Waals surface area contributed by atoms with Crippen LogP contribution in [0.2, 0.25) is 0 Å². The van der Waals surface area contributed by atoms with Crippen molar-refractivity contribution < 1.29 is 14.6 Å². The van der Waals surface area contributed by atoms with Crippen molar-refractivity contribution in [3.05, 3.63) is 65.0 Å². The molecule has 1 aromatic heterocycles. The van der Waals surface area contributed by atoms with Crippen molar-refractivity contribution in [1.29, 1.82) is 0 Å². The topological polar surface area (TPSA) is 65.9 Å². The molecule has 2 atom stereocenters. The molecule has 1 aromatic carbocycles. The summed E-state index contributed by atoms with van der Waals surface area (Å²) < 4.78 is 5.57. The quantitative estimate of drug-likeness (QED) is 0.645. The molecule has 3 heterocycles. The summed E-state index contributed by atoms with van der Waals surface area (Å²) in [5.41, 5.74) is 2.02. The van der Waals surface area contributed by atoms with Crippen LogP contribution in [0.15, 0.2) is 42.7 Å². The van der Waals surface area contributed by atoms with Crippen LogP contribution in [-0.2, 0) is 10.3 Å². The molecule has 2 saturated heterocycles. The molecule has 0 bridgehead atoms. The molecule has 2 aromatic rings. The number of pyridine rings is 1. The van der Waals surface area contributed by atoms with E-state index in [0.29, 0.717) is 19.0 Å². The van der Waals surface area contributed by atoms with Crippen molar-refractivity contribution in [2.45, 2.75) is 71.0 Å². The minimum atomic E-state index is -1.17. The smallest absolute Gasteiger partial charge is 0.410 e. The third-order valence-electron chi connectivity index (χ3n) is 7.59. The first-order valence-corrected chi connectivity index (χ1v) is 12.8. The number of rotatable bonds is 5. The Labute approximate surface area is 210 Å². The Morgan fingerprint density at radius 2 is 1.80 bits per heavy atom. The summed E-state index contributed by atoms with van der Waals surface area (Å²) in [6.07, 6.45) is 4.27. The third-order valence-corrected chi connectivity index (χ3v) is 7.59. The number of aromatic nitrogens is 1. The first kappa shape index (κ1) is 25.6. The van der Waals surface area contributed by atoms with Gasteiger partial charge in [-0.25, -0.2) is 4.79 Å². The molecule has 1 N–H and O–H groups in total. The summed E-state index contributed by atoms with van der Waals surface area (Å²) in [7, 11) is 2.09. The van der Waals surface area contributed by atoms with Crippen molar-refractivity contribution in [1.82, 2.24) is 14.8 Å². The number of hydrogen-bond donors (Lipinski definition) is 1. The maximum atomic E-state index is 12.6. The Morgan fingerprint density at radius 3 is 2.37 bits per heavy atom. The lowest BCUT2D eigenvalue weighted by Crippen LogP contribution is -2.63. The Kier molecular flexibility index (Phi) is 6.75. The van der Waals surface area contributed by atoms with Crippen LogP contribution in [-0.4, -0.2) is 64.8 Å². The van der Waals surface area contributed by atoms with Crippen LogP contribution in [0.1, 0.15) is 82.1 Å². The van der Waals surface area contributed by atoms with Crippen LogP contribution in [0.3, 0.4) is 0 Å². The maximum Gasteiger partial charge on any atom is 0.410 e. The molecule has 1 amide bonds. The van der Waals surface area contributed by atoms with E-state index < -0.39 is 11.2 Å². The summed E-state index contributed by atoms with van der Waals surface area (Å²) >= 11 is 0. The number of hydrogen-bond acceptors (Lipinski definition) is 5. The normalized spacial score (nSPS) is 22.1. The van der Waals surface area contributed by atoms with E-state index in [4.69, 9.17) is 4.74 Å². The van der Waals surface area contributed by atoms with Gasteiger partial charge in [-0.1, -0.05) is 45.0 Å². The van der Waals surface area contributed by atoms with Gasteiger partial charge in [-0.05, 0) is 62.9 Å². The van der Waals surface area contributed by atoms with Gasteiger partial charge in [0.05, 0.1) is 0 Å². The second-order valence-electron chi connectivity index (χ2n) is 12.1. The zero-order valence-electron chi connectivity index (χ0n) is 22.3. The largest absolute Gasteiger partial charge is 0.444 e. The second kappa shape index (κ2) is 9.21. The van der Waals surface area contributed by atoms with E-state index >= 15 is 0 Å². The fourth-order valence-electron chi connectivity index (χ4n) is 5.75. The first-order chi connectivity index (χ1) is 16.3. The molecule has 190 valence electrons. The number of nitrogens with zero attached hydrogens (tertiary/aromatic N) is 3. The van der Waals surface area contributed by atoms with Crippen molar-refractivity contribution >= 4 is 6.09 Å². The Balaban J connectivity index is 1.65. The van der Waals surface area contributed by atoms with Gasteiger partial charge in [0.1, 0.15) is 11.2 Å². The molecule has 6 heteroatoms. The average Bonchev–Trinajstić information content (AvgIpc) is 3.27. The molecule has 0 radical (unpaired) electrons. The Morgan fingerprint density at radius 1 is 1.14 bits per heavy atom. The lowest BCUT2D eigenvalue weighted by atomic mass is 9.62. The fraction of sp³-hybridized carbons (Fsp3) is 0.586. The van der Waals surface area contributed by atoms with Crippen LogP contribution >= 0.6 is 0 Å². The van der Waals surface area contributed by atoms with Gasteiger partial charge in [0.25, 0.3) is 0 Å². The molecule has 0 saturated carbocycles. The zero-order chi connectivity index (χ0) is 25.6. The highest BCUT2D eigenvalue weighted by Crippen LogP contribution is 2.50. The monoisotopic (exact) mass is 479 g/mol. The molecule has 6 nitrogen and oxygen atoms in total. The molecular formula is C29H41N3O3. The number of benzene rings is 1. The van der Waals surface area contributed by atoms with Crippen molar-refractivity contribution in [3.8, 4) is 0 Å². The predicted octanol–water partition coefficient (Wildman–Crippen LogP) is 5.12. The fourth-order valence-corrected chi connectivity index (χ4v) is 5.75. The number of ether oxygens (including phenoxy) is 1. The highest BCUT2D eigenvalue weighted by Gasteiger charge is 2.55. The number of carbonyl (C=O) groups is 1. The van der Waals surface area contributed by atoms with E-state index in [9.17, 15) is 9.90 Å². The van der Waals surface area contributed by atoms with E-state index in [1.165, 1.54) is 5.56 Å². The van der Waals surface area contributed by atoms with Crippen LogP contribution in [0.5, 0.6) is 0 Å². The van der Waals surface area contributed by atoms with Gasteiger partial charge in [0.15, 0.2) is 0 Å². The van der Waals surface area contributed by atoms with Gasteiger partial charge >= 0.3 is 6.09 Å². The molecular weight excluding hydrogens is 438 g/mol. The van der Waals surface area contributed by atoms with Crippen molar-refractivity contribution in [2.75, 3.05) is 33.2 Å². The number of carbonyl (C=O) groups excluding carboxylic acids is 1. The van der Waals surface area contributed by atoms with Crippen LogP contribution in [0, 0.1) is 5.41 Å². The summed E-state index contributed by atoms with van der Waals surface area (Å²) in [5, 5.41) is 12.5. The van der Waals surface area contributed by atoms with Gasteiger partial charge in [0.2, 0.25) is 0 Å². The molecule has 2 fully saturated rings. The lowest BCUT2D eigenvalue weighted by molar-refractivity contribution is -0.127. The van der Waals surface area contributed by atoms with E-state index in [2.05, 4.69) is 68.0 Å². The molecule has 35 heavy (non-hydrogen) atoms. The third kappa shape index (κ3) is 4.96. The average molecular weight is 480 g/mol. The van der Waals surface area contributed by atoms with Gasteiger partial charge in [0, 0.05) is 55.5 Å². The first-order valence-electron chi connectivity index (χ1n) is 12.8. The van der Waals surface area contributed by atoms with E-state index in [0.717, 1.165) is 36.2 Å². The summed E-state index contributed by atoms with van der Waals surface area (Å²) in [6, 6.07) is 10.5. The maximum absolute atomic E-state index is 12.6. The molecule has 2 aliphatic heterocycles. The van der Waals surface area contributed by atoms with Crippen LogP contribution in [0.25, 0.3) is 0 Å². The van der Waals surface area contributed by atoms with Gasteiger partial charge in [-0.15, -0.1) is 0 Å². The zero-order valence-corrected chi connectivity index (χ0v) is 22.3. The minimum absolute atomic E-state index is 0.166. The van der Waals surface area contributed by atoms with Gasteiger partial charge < -0.3 is 19.6 Å². The Hall–Kier alpha value is -2.44. The molecule has 0 spiro atoms. The van der Waals surface area contributed by atoms with E-state index in [-0.39, 0.29) is 17.4 Å². The SMILES string of the molecule is CC(C)c1ccc(C(O)(c2cncc(C3CCN(C(=O)OC(C)(C)C)C3)c2)C2(C)CN(C)C2)cc1. The predicted molar refractivity (Wildman–Crippen MR) is 139 cm³/mol. The van der Waals surface area contributed by atoms with E-state index in [1.807, 2.05) is 33.2 Å². The highest BCUT2D eigenvalue weighted by atomic mass is 16.6.